The van der Waals surface area contributed by atoms with Crippen molar-refractivity contribution in [1.29, 1.82) is 0 Å². The van der Waals surface area contributed by atoms with Gasteiger partial charge in [0.1, 0.15) is 5.60 Å². The number of rotatable bonds is 1. The van der Waals surface area contributed by atoms with Crippen LogP contribution in [0.25, 0.3) is 0 Å². The second kappa shape index (κ2) is 3.45. The number of aliphatic hydroxyl groups is 1. The number of hydrogen-bond acceptors (Lipinski definition) is 5. The maximum atomic E-state index is 12.6. The van der Waals surface area contributed by atoms with Gasteiger partial charge in [-0.2, -0.15) is 0 Å². The second-order valence-electron chi connectivity index (χ2n) is 8.02. The fourth-order valence-electron chi connectivity index (χ4n) is 6.21. The minimum absolute atomic E-state index is 0.0862. The van der Waals surface area contributed by atoms with Crippen LogP contribution >= 0.6 is 0 Å². The molecule has 0 radical (unpaired) electrons. The maximum absolute atomic E-state index is 12.6. The number of carbonyl (C=O) groups is 2. The molecule has 1 aliphatic heterocycles. The third-order valence-electron chi connectivity index (χ3n) is 6.96. The van der Waals surface area contributed by atoms with Gasteiger partial charge in [-0.1, -0.05) is 6.07 Å². The third kappa shape index (κ3) is 1.11. The average Bonchev–Trinajstić information content (AvgIpc) is 3.02. The molecule has 0 saturated heterocycles. The first kappa shape index (κ1) is 13.2. The first-order valence-corrected chi connectivity index (χ1v) is 8.38. The number of benzene rings is 1. The van der Waals surface area contributed by atoms with Crippen LogP contribution in [0, 0.1) is 11.3 Å². The summed E-state index contributed by atoms with van der Waals surface area (Å²) >= 11 is 0. The number of fused-ring (bicyclic) bond motifs is 1. The van der Waals surface area contributed by atoms with E-state index in [-0.39, 0.29) is 17.1 Å². The van der Waals surface area contributed by atoms with Crippen molar-refractivity contribution < 1.29 is 24.2 Å². The van der Waals surface area contributed by atoms with E-state index >= 15 is 0 Å². The lowest BCUT2D eigenvalue weighted by molar-refractivity contribution is -0.132. The molecule has 122 valence electrons. The molecule has 2 bridgehead atoms. The Morgan fingerprint density at radius 1 is 1.42 bits per heavy atom. The van der Waals surface area contributed by atoms with E-state index in [4.69, 9.17) is 9.47 Å². The van der Waals surface area contributed by atoms with Crippen molar-refractivity contribution in [3.05, 3.63) is 35.4 Å². The van der Waals surface area contributed by atoms with Gasteiger partial charge < -0.3 is 14.6 Å². The lowest BCUT2D eigenvalue weighted by Gasteiger charge is -2.46. The van der Waals surface area contributed by atoms with Gasteiger partial charge in [-0.25, -0.2) is 0 Å². The zero-order valence-electron chi connectivity index (χ0n) is 13.2. The smallest absolute Gasteiger partial charge is 0.308 e. The lowest BCUT2D eigenvalue weighted by Crippen LogP contribution is -2.60. The molecule has 5 heteroatoms. The van der Waals surface area contributed by atoms with E-state index in [2.05, 4.69) is 0 Å². The Morgan fingerprint density at radius 2 is 2.25 bits per heavy atom. The summed E-state index contributed by atoms with van der Waals surface area (Å²) in [6.07, 6.45) is 5.12. The van der Waals surface area contributed by atoms with E-state index in [9.17, 15) is 14.7 Å². The van der Waals surface area contributed by atoms with Crippen LogP contribution in [-0.4, -0.2) is 28.6 Å². The minimum Gasteiger partial charge on any atom is -0.477 e. The molecule has 5 aliphatic rings. The standard InChI is InChI=1S/C19H16O5/c1-9(20)23-12-3-2-10-6-17-7-13(17)19(22)5-4-11(21)16-18(19,8-17)14(10)15(12)24-16/h2-5,13,16,22H,6-8H2,1H3/t13-,16+,17?,18?,19-/m1/s1. The highest BCUT2D eigenvalue weighted by molar-refractivity contribution is 5.99. The SMILES string of the molecule is CC(=O)Oc1ccc2c3c1O[C@H]1C(=O)C=C[C@@]4(O)[C@@H]5CC5(C2)CC314. The van der Waals surface area contributed by atoms with Crippen LogP contribution < -0.4 is 9.47 Å². The number of carbonyl (C=O) groups excluding carboxylic acids is 2. The zero-order chi connectivity index (χ0) is 16.5. The molecule has 1 heterocycles. The predicted octanol–water partition coefficient (Wildman–Crippen LogP) is 1.45. The molecule has 0 amide bonds. The summed E-state index contributed by atoms with van der Waals surface area (Å²) in [5.41, 5.74) is 0.334. The van der Waals surface area contributed by atoms with Crippen molar-refractivity contribution in [3.8, 4) is 11.5 Å². The quantitative estimate of drug-likeness (QED) is 0.625. The molecule has 5 nitrogen and oxygen atoms in total. The topological polar surface area (TPSA) is 72.8 Å². The highest BCUT2D eigenvalue weighted by Crippen LogP contribution is 2.81. The van der Waals surface area contributed by atoms with Gasteiger partial charge in [-0.15, -0.1) is 0 Å². The lowest BCUT2D eigenvalue weighted by atomic mass is 9.57. The van der Waals surface area contributed by atoms with Crippen LogP contribution in [0.2, 0.25) is 0 Å². The van der Waals surface area contributed by atoms with Crippen LogP contribution in [-0.2, 0) is 21.4 Å². The Hall–Kier alpha value is -2.14. The molecule has 2 spiro atoms. The molecule has 4 aliphatic carbocycles. The van der Waals surface area contributed by atoms with Gasteiger partial charge in [-0.3, -0.25) is 9.59 Å². The van der Waals surface area contributed by atoms with Crippen LogP contribution in [0.5, 0.6) is 11.5 Å². The number of ketones is 1. The Balaban J connectivity index is 1.68. The first-order chi connectivity index (χ1) is 11.4. The maximum Gasteiger partial charge on any atom is 0.308 e. The van der Waals surface area contributed by atoms with Crippen LogP contribution in [0.3, 0.4) is 0 Å². The van der Waals surface area contributed by atoms with Crippen LogP contribution in [0.15, 0.2) is 24.3 Å². The molecule has 2 fully saturated rings. The molecule has 6 rings (SSSR count). The average molecular weight is 324 g/mol. The Morgan fingerprint density at radius 3 is 3.04 bits per heavy atom. The third-order valence-corrected chi connectivity index (χ3v) is 6.96. The van der Waals surface area contributed by atoms with Crippen molar-refractivity contribution in [2.75, 3.05) is 0 Å². The second-order valence-corrected chi connectivity index (χ2v) is 8.02. The fraction of sp³-hybridized carbons (Fsp3) is 0.474. The van der Waals surface area contributed by atoms with E-state index in [1.165, 1.54) is 13.0 Å². The van der Waals surface area contributed by atoms with Crippen LogP contribution in [0.4, 0.5) is 0 Å². The van der Waals surface area contributed by atoms with Gasteiger partial charge >= 0.3 is 5.97 Å². The Bertz CT molecular complexity index is 901. The van der Waals surface area contributed by atoms with Crippen molar-refractivity contribution in [3.63, 3.8) is 0 Å². The summed E-state index contributed by atoms with van der Waals surface area (Å²) in [7, 11) is 0. The van der Waals surface area contributed by atoms with Gasteiger partial charge in [0, 0.05) is 12.5 Å². The van der Waals surface area contributed by atoms with Crippen molar-refractivity contribution >= 4 is 11.8 Å². The summed E-state index contributed by atoms with van der Waals surface area (Å²) in [5.74, 6) is 0.449. The van der Waals surface area contributed by atoms with E-state index in [0.29, 0.717) is 11.5 Å². The molecule has 1 aromatic carbocycles. The molecule has 2 saturated carbocycles. The van der Waals surface area contributed by atoms with E-state index in [1.807, 2.05) is 6.07 Å². The molecule has 0 aromatic heterocycles. The molecule has 1 aromatic rings. The zero-order valence-corrected chi connectivity index (χ0v) is 13.2. The number of esters is 1. The summed E-state index contributed by atoms with van der Waals surface area (Å²) in [4.78, 5) is 24.0. The van der Waals surface area contributed by atoms with Gasteiger partial charge in [0.2, 0.25) is 0 Å². The number of ether oxygens (including phenoxy) is 2. The summed E-state index contributed by atoms with van der Waals surface area (Å²) in [6.45, 7) is 1.34. The molecular weight excluding hydrogens is 308 g/mol. The summed E-state index contributed by atoms with van der Waals surface area (Å²) in [6, 6.07) is 3.72. The number of hydrogen-bond donors (Lipinski definition) is 1. The van der Waals surface area contributed by atoms with Gasteiger partial charge in [-0.05, 0) is 54.4 Å². The van der Waals surface area contributed by atoms with Gasteiger partial charge in [0.25, 0.3) is 0 Å². The highest BCUT2D eigenvalue weighted by Gasteiger charge is 2.84. The molecule has 2 unspecified atom stereocenters. The largest absolute Gasteiger partial charge is 0.477 e. The van der Waals surface area contributed by atoms with Gasteiger partial charge in [0.05, 0.1) is 5.41 Å². The monoisotopic (exact) mass is 324 g/mol. The normalized spacial score (nSPS) is 44.7. The van der Waals surface area contributed by atoms with E-state index in [0.717, 1.165) is 30.4 Å². The predicted molar refractivity (Wildman–Crippen MR) is 81.8 cm³/mol. The molecular formula is C19H16O5. The van der Waals surface area contributed by atoms with Crippen molar-refractivity contribution in [1.82, 2.24) is 0 Å². The van der Waals surface area contributed by atoms with Crippen molar-refractivity contribution in [2.45, 2.75) is 43.3 Å². The van der Waals surface area contributed by atoms with E-state index in [1.54, 1.807) is 12.1 Å². The summed E-state index contributed by atoms with van der Waals surface area (Å²) in [5, 5.41) is 11.6. The highest BCUT2D eigenvalue weighted by atomic mass is 16.6. The molecule has 24 heavy (non-hydrogen) atoms. The summed E-state index contributed by atoms with van der Waals surface area (Å²) < 4.78 is 11.4. The van der Waals surface area contributed by atoms with Gasteiger partial charge in [0.15, 0.2) is 23.4 Å². The Kier molecular flexibility index (Phi) is 1.89. The molecule has 5 atom stereocenters. The Labute approximate surface area is 138 Å². The molecule has 1 N–H and O–H groups in total. The van der Waals surface area contributed by atoms with Crippen LogP contribution in [0.1, 0.15) is 30.9 Å². The first-order valence-electron chi connectivity index (χ1n) is 8.38. The van der Waals surface area contributed by atoms with Crippen molar-refractivity contribution in [2.24, 2.45) is 11.3 Å². The van der Waals surface area contributed by atoms with E-state index < -0.39 is 23.1 Å². The minimum atomic E-state index is -1.04. The fourth-order valence-corrected chi connectivity index (χ4v) is 6.21.